The Hall–Kier alpha value is -2.74. The van der Waals surface area contributed by atoms with Crippen LogP contribution in [0, 0.1) is 5.82 Å². The third-order valence-corrected chi connectivity index (χ3v) is 5.64. The zero-order valence-corrected chi connectivity index (χ0v) is 15.3. The number of methoxy groups -OCH3 is 1. The average molecular weight is 372 g/mol. The third-order valence-electron chi connectivity index (χ3n) is 5.64. The van der Waals surface area contributed by atoms with Gasteiger partial charge in [-0.15, -0.1) is 0 Å². The summed E-state index contributed by atoms with van der Waals surface area (Å²) >= 11 is 0. The second kappa shape index (κ2) is 6.45. The Morgan fingerprint density at radius 3 is 2.63 bits per heavy atom. The number of aryl methyl sites for hydroxylation is 1. The van der Waals surface area contributed by atoms with Gasteiger partial charge in [-0.1, -0.05) is 6.07 Å². The Kier molecular flexibility index (Phi) is 4.22. The molecule has 8 heteroatoms. The molecule has 1 spiro atoms. The number of aromatic nitrogens is 2. The topological polar surface area (TPSA) is 67.7 Å². The summed E-state index contributed by atoms with van der Waals surface area (Å²) in [5.41, 5.74) is 0.503. The molecule has 1 unspecified atom stereocenters. The standard InChI is InChI=1S/C19H21FN4O3/c1-22-15(6-9-21-22)17(25)23-10-7-19(8-11-23)16(27-2)18(26)24(19)14-5-3-4-13(20)12-14/h3-6,9,12,16H,7-8,10-11H2,1-2H3. The fourth-order valence-electron chi connectivity index (χ4n) is 4.27. The van der Waals surface area contributed by atoms with Crippen molar-refractivity contribution in [3.63, 3.8) is 0 Å². The van der Waals surface area contributed by atoms with Crippen molar-refractivity contribution in [3.05, 3.63) is 48.0 Å². The number of β-lactam (4-membered cyclic amide) rings is 1. The van der Waals surface area contributed by atoms with E-state index in [9.17, 15) is 14.0 Å². The van der Waals surface area contributed by atoms with Crippen LogP contribution in [0.2, 0.25) is 0 Å². The number of carbonyl (C=O) groups excluding carboxylic acids is 2. The lowest BCUT2D eigenvalue weighted by Crippen LogP contribution is -2.78. The Morgan fingerprint density at radius 2 is 2.04 bits per heavy atom. The fourth-order valence-corrected chi connectivity index (χ4v) is 4.27. The van der Waals surface area contributed by atoms with E-state index in [1.807, 2.05) is 0 Å². The first-order valence-corrected chi connectivity index (χ1v) is 8.87. The van der Waals surface area contributed by atoms with Gasteiger partial charge in [-0.05, 0) is 37.1 Å². The van der Waals surface area contributed by atoms with E-state index in [2.05, 4.69) is 5.10 Å². The van der Waals surface area contributed by atoms with Crippen LogP contribution in [-0.4, -0.2) is 58.3 Å². The zero-order chi connectivity index (χ0) is 19.2. The van der Waals surface area contributed by atoms with Gasteiger partial charge >= 0.3 is 0 Å². The minimum atomic E-state index is -0.574. The third kappa shape index (κ3) is 2.63. The number of ether oxygens (including phenoxy) is 1. The van der Waals surface area contributed by atoms with Gasteiger partial charge < -0.3 is 14.5 Å². The summed E-state index contributed by atoms with van der Waals surface area (Å²) < 4.78 is 20.7. The minimum absolute atomic E-state index is 0.0817. The first-order chi connectivity index (χ1) is 13.0. The highest BCUT2D eigenvalue weighted by molar-refractivity contribution is 6.07. The molecule has 7 nitrogen and oxygen atoms in total. The monoisotopic (exact) mass is 372 g/mol. The predicted octanol–water partition coefficient (Wildman–Crippen LogP) is 1.60. The lowest BCUT2D eigenvalue weighted by Gasteiger charge is -2.59. The van der Waals surface area contributed by atoms with Crippen molar-refractivity contribution in [2.75, 3.05) is 25.1 Å². The quantitative estimate of drug-likeness (QED) is 0.768. The summed E-state index contributed by atoms with van der Waals surface area (Å²) in [6.07, 6.45) is 2.15. The molecule has 4 rings (SSSR count). The summed E-state index contributed by atoms with van der Waals surface area (Å²) in [6, 6.07) is 7.72. The van der Waals surface area contributed by atoms with Crippen LogP contribution in [-0.2, 0) is 16.6 Å². The maximum absolute atomic E-state index is 13.7. The molecule has 2 aromatic rings. The van der Waals surface area contributed by atoms with Gasteiger partial charge in [-0.2, -0.15) is 5.10 Å². The Morgan fingerprint density at radius 1 is 1.30 bits per heavy atom. The molecular formula is C19H21FN4O3. The van der Waals surface area contributed by atoms with Gasteiger partial charge in [-0.25, -0.2) is 4.39 Å². The second-order valence-corrected chi connectivity index (χ2v) is 7.01. The number of anilines is 1. The molecule has 142 valence electrons. The van der Waals surface area contributed by atoms with Crippen molar-refractivity contribution >= 4 is 17.5 Å². The second-order valence-electron chi connectivity index (χ2n) is 7.01. The van der Waals surface area contributed by atoms with E-state index in [4.69, 9.17) is 4.74 Å². The van der Waals surface area contributed by atoms with Gasteiger partial charge in [0.1, 0.15) is 11.5 Å². The SMILES string of the molecule is COC1C(=O)N(c2cccc(F)c2)C12CCN(C(=O)c1ccnn1C)CC2. The highest BCUT2D eigenvalue weighted by Crippen LogP contribution is 2.45. The van der Waals surface area contributed by atoms with Crippen LogP contribution in [0.3, 0.4) is 0 Å². The summed E-state index contributed by atoms with van der Waals surface area (Å²) in [6.45, 7) is 0.978. The van der Waals surface area contributed by atoms with E-state index in [1.165, 1.54) is 19.2 Å². The number of amides is 2. The van der Waals surface area contributed by atoms with E-state index >= 15 is 0 Å². The molecular weight excluding hydrogens is 351 g/mol. The number of hydrogen-bond acceptors (Lipinski definition) is 4. The minimum Gasteiger partial charge on any atom is -0.369 e. The molecule has 0 radical (unpaired) electrons. The molecule has 0 N–H and O–H groups in total. The van der Waals surface area contributed by atoms with E-state index in [1.54, 1.807) is 45.9 Å². The van der Waals surface area contributed by atoms with Crippen molar-refractivity contribution in [3.8, 4) is 0 Å². The summed E-state index contributed by atoms with van der Waals surface area (Å²) in [5.74, 6) is -0.642. The van der Waals surface area contributed by atoms with E-state index in [0.29, 0.717) is 37.3 Å². The maximum atomic E-state index is 13.7. The van der Waals surface area contributed by atoms with Crippen LogP contribution >= 0.6 is 0 Å². The van der Waals surface area contributed by atoms with Gasteiger partial charge in [0.25, 0.3) is 11.8 Å². The van der Waals surface area contributed by atoms with Crippen LogP contribution in [0.1, 0.15) is 23.3 Å². The Labute approximate surface area is 156 Å². The fraction of sp³-hybridized carbons (Fsp3) is 0.421. The smallest absolute Gasteiger partial charge is 0.272 e. The number of halogens is 1. The van der Waals surface area contributed by atoms with Crippen LogP contribution in [0.15, 0.2) is 36.5 Å². The van der Waals surface area contributed by atoms with Gasteiger partial charge in [0.2, 0.25) is 0 Å². The molecule has 3 heterocycles. The number of carbonyl (C=O) groups is 2. The normalized spacial score (nSPS) is 21.4. The zero-order valence-electron chi connectivity index (χ0n) is 15.3. The molecule has 2 aliphatic heterocycles. The lowest BCUT2D eigenvalue weighted by molar-refractivity contribution is -0.150. The molecule has 27 heavy (non-hydrogen) atoms. The van der Waals surface area contributed by atoms with Crippen molar-refractivity contribution in [1.29, 1.82) is 0 Å². The van der Waals surface area contributed by atoms with Crippen LogP contribution in [0.4, 0.5) is 10.1 Å². The first-order valence-electron chi connectivity index (χ1n) is 8.87. The molecule has 2 aliphatic rings. The molecule has 1 atom stereocenters. The first kappa shape index (κ1) is 17.7. The molecule has 0 saturated carbocycles. The highest BCUT2D eigenvalue weighted by Gasteiger charge is 2.62. The Balaban J connectivity index is 1.56. The highest BCUT2D eigenvalue weighted by atomic mass is 19.1. The van der Waals surface area contributed by atoms with Crippen molar-refractivity contribution < 1.29 is 18.7 Å². The number of nitrogens with zero attached hydrogens (tertiary/aromatic N) is 4. The molecule has 0 bridgehead atoms. The molecule has 2 amide bonds. The average Bonchev–Trinajstić information content (AvgIpc) is 3.08. The van der Waals surface area contributed by atoms with Gasteiger partial charge in [0, 0.05) is 39.1 Å². The predicted molar refractivity (Wildman–Crippen MR) is 95.8 cm³/mol. The lowest BCUT2D eigenvalue weighted by atomic mass is 9.72. The molecule has 1 aromatic heterocycles. The van der Waals surface area contributed by atoms with Gasteiger partial charge in [0.05, 0.1) is 5.54 Å². The number of benzene rings is 1. The van der Waals surface area contributed by atoms with E-state index < -0.39 is 11.6 Å². The van der Waals surface area contributed by atoms with Gasteiger partial charge in [0.15, 0.2) is 6.10 Å². The van der Waals surface area contributed by atoms with Crippen LogP contribution in [0.5, 0.6) is 0 Å². The van der Waals surface area contributed by atoms with E-state index in [-0.39, 0.29) is 17.6 Å². The largest absolute Gasteiger partial charge is 0.369 e. The number of rotatable bonds is 3. The van der Waals surface area contributed by atoms with Gasteiger partial charge in [-0.3, -0.25) is 14.3 Å². The number of piperidine rings is 1. The van der Waals surface area contributed by atoms with Crippen LogP contribution in [0.25, 0.3) is 0 Å². The number of likely N-dealkylation sites (tertiary alicyclic amines) is 1. The summed E-state index contributed by atoms with van der Waals surface area (Å²) in [7, 11) is 3.25. The molecule has 1 aromatic carbocycles. The molecule has 0 aliphatic carbocycles. The van der Waals surface area contributed by atoms with Crippen molar-refractivity contribution in [2.24, 2.45) is 7.05 Å². The Bertz CT molecular complexity index is 889. The maximum Gasteiger partial charge on any atom is 0.272 e. The summed E-state index contributed by atoms with van der Waals surface area (Å²) in [4.78, 5) is 28.7. The van der Waals surface area contributed by atoms with Crippen LogP contribution < -0.4 is 4.90 Å². The number of hydrogen-bond donors (Lipinski definition) is 0. The summed E-state index contributed by atoms with van der Waals surface area (Å²) in [5, 5.41) is 4.04. The van der Waals surface area contributed by atoms with Crippen molar-refractivity contribution in [1.82, 2.24) is 14.7 Å². The van der Waals surface area contributed by atoms with Crippen molar-refractivity contribution in [2.45, 2.75) is 24.5 Å². The van der Waals surface area contributed by atoms with E-state index in [0.717, 1.165) is 0 Å². The molecule has 2 fully saturated rings. The molecule has 2 saturated heterocycles.